The quantitative estimate of drug-likeness (QED) is 0.661. The van der Waals surface area contributed by atoms with Crippen molar-refractivity contribution in [1.82, 2.24) is 14.9 Å². The molecule has 3 aromatic rings. The Balaban J connectivity index is 1.42. The predicted octanol–water partition coefficient (Wildman–Crippen LogP) is 4.30. The molecule has 1 aliphatic heterocycles. The van der Waals surface area contributed by atoms with E-state index in [1.165, 1.54) is 12.8 Å². The van der Waals surface area contributed by atoms with Gasteiger partial charge >= 0.3 is 6.03 Å². The maximum absolute atomic E-state index is 12.6. The molecule has 2 amide bonds. The predicted molar refractivity (Wildman–Crippen MR) is 119 cm³/mol. The van der Waals surface area contributed by atoms with E-state index in [2.05, 4.69) is 32.5 Å². The summed E-state index contributed by atoms with van der Waals surface area (Å²) in [5.74, 6) is 1.57. The number of piperidine rings is 1. The lowest BCUT2D eigenvalue weighted by Gasteiger charge is -2.29. The number of fused-ring (bicyclic) bond motifs is 1. The third-order valence-corrected chi connectivity index (χ3v) is 5.27. The van der Waals surface area contributed by atoms with Crippen LogP contribution in [0.1, 0.15) is 18.4 Å². The summed E-state index contributed by atoms with van der Waals surface area (Å²) in [5, 5.41) is 5.65. The Morgan fingerprint density at radius 1 is 1.20 bits per heavy atom. The Hall–Kier alpha value is -3.19. The molecule has 0 spiro atoms. The number of para-hydroxylation sites is 2. The molecule has 30 heavy (non-hydrogen) atoms. The molecule has 2 heterocycles. The standard InChI is InChI=1S/C23H27N5O2/c1-16-9-10-21(30-15-17-6-5-11-28(2)14-17)20(12-16)26-23(29)27-22-13-24-18-7-3-4-8-19(18)25-22/h3-4,7-10,12-13,17H,5-6,11,14-15H2,1-2H3,(H2,25,26,27,29). The number of rotatable bonds is 5. The van der Waals surface area contributed by atoms with Crippen LogP contribution in [-0.4, -0.2) is 47.6 Å². The zero-order valence-electron chi connectivity index (χ0n) is 17.4. The highest BCUT2D eigenvalue weighted by molar-refractivity contribution is 6.00. The van der Waals surface area contributed by atoms with Crippen LogP contribution in [0.2, 0.25) is 0 Å². The number of ether oxygens (including phenoxy) is 1. The summed E-state index contributed by atoms with van der Waals surface area (Å²) in [7, 11) is 2.14. The Kier molecular flexibility index (Phi) is 6.09. The molecule has 2 aromatic carbocycles. The van der Waals surface area contributed by atoms with Crippen LogP contribution in [0.15, 0.2) is 48.7 Å². The van der Waals surface area contributed by atoms with Crippen molar-refractivity contribution in [1.29, 1.82) is 0 Å². The molecule has 1 fully saturated rings. The van der Waals surface area contributed by atoms with E-state index in [0.29, 0.717) is 29.8 Å². The van der Waals surface area contributed by atoms with Gasteiger partial charge in [-0.2, -0.15) is 0 Å². The van der Waals surface area contributed by atoms with Crippen LogP contribution < -0.4 is 15.4 Å². The monoisotopic (exact) mass is 405 g/mol. The van der Waals surface area contributed by atoms with Gasteiger partial charge in [-0.1, -0.05) is 18.2 Å². The number of anilines is 2. The van der Waals surface area contributed by atoms with Crippen molar-refractivity contribution < 1.29 is 9.53 Å². The van der Waals surface area contributed by atoms with Crippen molar-refractivity contribution in [3.05, 3.63) is 54.2 Å². The third kappa shape index (κ3) is 5.04. The second-order valence-corrected chi connectivity index (χ2v) is 7.90. The lowest BCUT2D eigenvalue weighted by molar-refractivity contribution is 0.151. The van der Waals surface area contributed by atoms with Crippen molar-refractivity contribution >= 4 is 28.6 Å². The van der Waals surface area contributed by atoms with Gasteiger partial charge in [-0.3, -0.25) is 10.3 Å². The number of carbonyl (C=O) groups is 1. The Morgan fingerprint density at radius 2 is 2.03 bits per heavy atom. The zero-order chi connectivity index (χ0) is 20.9. The minimum Gasteiger partial charge on any atom is -0.491 e. The molecule has 2 N–H and O–H groups in total. The molecule has 0 radical (unpaired) electrons. The lowest BCUT2D eigenvalue weighted by atomic mass is 9.99. The van der Waals surface area contributed by atoms with Crippen molar-refractivity contribution in [2.24, 2.45) is 5.92 Å². The molecule has 1 atom stereocenters. The number of nitrogens with zero attached hydrogens (tertiary/aromatic N) is 3. The van der Waals surface area contributed by atoms with E-state index >= 15 is 0 Å². The maximum Gasteiger partial charge on any atom is 0.325 e. The molecule has 0 aliphatic carbocycles. The molecule has 0 saturated carbocycles. The van der Waals surface area contributed by atoms with Gasteiger partial charge in [-0.25, -0.2) is 9.78 Å². The van der Waals surface area contributed by atoms with E-state index in [0.717, 1.165) is 29.7 Å². The SMILES string of the molecule is Cc1ccc(OCC2CCCN(C)C2)c(NC(=O)Nc2cnc3ccccc3n2)c1. The van der Waals surface area contributed by atoms with Crippen molar-refractivity contribution in [3.63, 3.8) is 0 Å². The number of aromatic nitrogens is 2. The van der Waals surface area contributed by atoms with Gasteiger partial charge in [-0.15, -0.1) is 0 Å². The maximum atomic E-state index is 12.6. The highest BCUT2D eigenvalue weighted by Gasteiger charge is 2.18. The molecular weight excluding hydrogens is 378 g/mol. The van der Waals surface area contributed by atoms with Crippen LogP contribution in [0.25, 0.3) is 11.0 Å². The first kappa shape index (κ1) is 20.1. The molecule has 4 rings (SSSR count). The zero-order valence-corrected chi connectivity index (χ0v) is 17.4. The summed E-state index contributed by atoms with van der Waals surface area (Å²) in [6.07, 6.45) is 3.91. The van der Waals surface area contributed by atoms with Crippen LogP contribution in [-0.2, 0) is 0 Å². The van der Waals surface area contributed by atoms with Crippen molar-refractivity contribution in [2.45, 2.75) is 19.8 Å². The molecule has 1 unspecified atom stereocenters. The summed E-state index contributed by atoms with van der Waals surface area (Å²) in [6, 6.07) is 13.0. The summed E-state index contributed by atoms with van der Waals surface area (Å²) in [6.45, 7) is 4.80. The van der Waals surface area contributed by atoms with E-state index in [9.17, 15) is 4.79 Å². The highest BCUT2D eigenvalue weighted by Crippen LogP contribution is 2.27. The van der Waals surface area contributed by atoms with Crippen LogP contribution in [0.5, 0.6) is 5.75 Å². The fraction of sp³-hybridized carbons (Fsp3) is 0.348. The van der Waals surface area contributed by atoms with Gasteiger partial charge in [0.15, 0.2) is 5.82 Å². The average Bonchev–Trinajstić information content (AvgIpc) is 2.73. The average molecular weight is 406 g/mol. The van der Waals surface area contributed by atoms with E-state index in [1.807, 2.05) is 49.4 Å². The number of nitrogens with one attached hydrogen (secondary N) is 2. The number of aryl methyl sites for hydroxylation is 1. The lowest BCUT2D eigenvalue weighted by Crippen LogP contribution is -2.34. The molecule has 1 aliphatic rings. The second kappa shape index (κ2) is 9.09. The molecule has 1 saturated heterocycles. The van der Waals surface area contributed by atoms with E-state index in [4.69, 9.17) is 4.74 Å². The van der Waals surface area contributed by atoms with Gasteiger partial charge < -0.3 is 15.0 Å². The molecular formula is C23H27N5O2. The van der Waals surface area contributed by atoms with Gasteiger partial charge in [-0.05, 0) is 63.2 Å². The fourth-order valence-corrected chi connectivity index (χ4v) is 3.77. The normalized spacial score (nSPS) is 16.9. The second-order valence-electron chi connectivity index (χ2n) is 7.90. The Labute approximate surface area is 176 Å². The van der Waals surface area contributed by atoms with Crippen LogP contribution in [0.3, 0.4) is 0 Å². The molecule has 0 bridgehead atoms. The van der Waals surface area contributed by atoms with E-state index in [1.54, 1.807) is 6.20 Å². The number of carbonyl (C=O) groups excluding carboxylic acids is 1. The largest absolute Gasteiger partial charge is 0.491 e. The number of urea groups is 1. The van der Waals surface area contributed by atoms with Gasteiger partial charge in [0.2, 0.25) is 0 Å². The first-order chi connectivity index (χ1) is 14.6. The number of hydrogen-bond donors (Lipinski definition) is 2. The van der Waals surface area contributed by atoms with Crippen LogP contribution in [0, 0.1) is 12.8 Å². The minimum absolute atomic E-state index is 0.382. The van der Waals surface area contributed by atoms with E-state index < -0.39 is 0 Å². The molecule has 156 valence electrons. The fourth-order valence-electron chi connectivity index (χ4n) is 3.77. The van der Waals surface area contributed by atoms with Crippen LogP contribution in [0.4, 0.5) is 16.3 Å². The molecule has 7 nitrogen and oxygen atoms in total. The van der Waals surface area contributed by atoms with E-state index in [-0.39, 0.29) is 6.03 Å². The highest BCUT2D eigenvalue weighted by atomic mass is 16.5. The third-order valence-electron chi connectivity index (χ3n) is 5.27. The van der Waals surface area contributed by atoms with Crippen LogP contribution >= 0.6 is 0 Å². The number of amides is 2. The van der Waals surface area contributed by atoms with Crippen molar-refractivity contribution in [3.8, 4) is 5.75 Å². The summed E-state index contributed by atoms with van der Waals surface area (Å²) in [4.78, 5) is 23.7. The van der Waals surface area contributed by atoms with Gasteiger partial charge in [0.25, 0.3) is 0 Å². The summed E-state index contributed by atoms with van der Waals surface area (Å²) >= 11 is 0. The Bertz CT molecular complexity index is 1040. The minimum atomic E-state index is -0.382. The number of hydrogen-bond acceptors (Lipinski definition) is 5. The van der Waals surface area contributed by atoms with Crippen molar-refractivity contribution in [2.75, 3.05) is 37.4 Å². The molecule has 7 heteroatoms. The number of benzene rings is 2. The summed E-state index contributed by atoms with van der Waals surface area (Å²) < 4.78 is 6.09. The first-order valence-electron chi connectivity index (χ1n) is 10.3. The topological polar surface area (TPSA) is 79.4 Å². The van der Waals surface area contributed by atoms with Gasteiger partial charge in [0.05, 0.1) is 29.5 Å². The Morgan fingerprint density at radius 3 is 2.87 bits per heavy atom. The first-order valence-corrected chi connectivity index (χ1v) is 10.3. The van der Waals surface area contributed by atoms with Gasteiger partial charge in [0.1, 0.15) is 5.75 Å². The summed E-state index contributed by atoms with van der Waals surface area (Å²) in [5.41, 5.74) is 3.20. The smallest absolute Gasteiger partial charge is 0.325 e. The van der Waals surface area contributed by atoms with Gasteiger partial charge in [0, 0.05) is 12.5 Å². The molecule has 1 aromatic heterocycles. The number of likely N-dealkylation sites (tertiary alicyclic amines) is 1.